The zero-order valence-corrected chi connectivity index (χ0v) is 23.5. The van der Waals surface area contributed by atoms with Crippen LogP contribution in [0, 0.1) is 35.0 Å². The van der Waals surface area contributed by atoms with Gasteiger partial charge in [-0.3, -0.25) is 19.2 Å². The lowest BCUT2D eigenvalue weighted by Gasteiger charge is -2.26. The molecule has 2 unspecified atom stereocenters. The number of carbonyl (C=O) groups is 4. The van der Waals surface area contributed by atoms with E-state index in [1.165, 1.54) is 24.3 Å². The van der Waals surface area contributed by atoms with Gasteiger partial charge in [0.1, 0.15) is 29.8 Å². The summed E-state index contributed by atoms with van der Waals surface area (Å²) in [5.41, 5.74) is -1.67. The predicted octanol–water partition coefficient (Wildman–Crippen LogP) is 3.76. The van der Waals surface area contributed by atoms with Gasteiger partial charge in [0.2, 0.25) is 23.4 Å². The van der Waals surface area contributed by atoms with Crippen LogP contribution in [-0.2, 0) is 14.4 Å². The first-order valence-corrected chi connectivity index (χ1v) is 13.5. The van der Waals surface area contributed by atoms with Crippen LogP contribution >= 0.6 is 0 Å². The summed E-state index contributed by atoms with van der Waals surface area (Å²) in [6.45, 7) is 1.39. The molecule has 1 saturated heterocycles. The van der Waals surface area contributed by atoms with Crippen LogP contribution in [0.15, 0.2) is 30.3 Å². The molecule has 0 aliphatic carbocycles. The molecule has 236 valence electrons. The van der Waals surface area contributed by atoms with E-state index >= 15 is 0 Å². The van der Waals surface area contributed by atoms with Crippen molar-refractivity contribution in [1.29, 1.82) is 0 Å². The van der Waals surface area contributed by atoms with Gasteiger partial charge in [-0.2, -0.15) is 8.78 Å². The van der Waals surface area contributed by atoms with E-state index in [-0.39, 0.29) is 31.1 Å². The number of aromatic amines is 1. The Bertz CT molecular complexity index is 1580. The summed E-state index contributed by atoms with van der Waals surface area (Å²) >= 11 is 0. The third-order valence-corrected chi connectivity index (χ3v) is 6.96. The molecule has 15 heteroatoms. The molecular formula is C29H28F6N4O5. The molecule has 0 saturated carbocycles. The SMILES string of the molecule is CC(C)(F)CC(NC(=O)c1cc2cc(F)ccc2[nH]1)C(=O)NC(C[C@@H]1CCNC1=O)C(=O)COc1c(F)c(F)cc(F)c1F. The lowest BCUT2D eigenvalue weighted by molar-refractivity contribution is -0.131. The monoisotopic (exact) mass is 626 g/mol. The highest BCUT2D eigenvalue weighted by molar-refractivity contribution is 6.01. The number of alkyl halides is 1. The van der Waals surface area contributed by atoms with Crippen LogP contribution in [0.4, 0.5) is 26.3 Å². The number of hydrogen-bond donors (Lipinski definition) is 4. The van der Waals surface area contributed by atoms with Gasteiger partial charge in [-0.15, -0.1) is 0 Å². The van der Waals surface area contributed by atoms with Crippen LogP contribution in [0.25, 0.3) is 10.9 Å². The molecule has 0 spiro atoms. The van der Waals surface area contributed by atoms with E-state index in [9.17, 15) is 45.5 Å². The van der Waals surface area contributed by atoms with Crippen molar-refractivity contribution in [2.45, 2.75) is 50.9 Å². The molecule has 3 amide bonds. The highest BCUT2D eigenvalue weighted by atomic mass is 19.2. The average molecular weight is 627 g/mol. The minimum absolute atomic E-state index is 0.0456. The number of ketones is 1. The summed E-state index contributed by atoms with van der Waals surface area (Å²) in [6, 6.07) is 1.87. The zero-order chi connectivity index (χ0) is 32.3. The molecule has 3 aromatic rings. The van der Waals surface area contributed by atoms with Crippen LogP contribution in [0.2, 0.25) is 0 Å². The number of fused-ring (bicyclic) bond motifs is 1. The highest BCUT2D eigenvalue weighted by Crippen LogP contribution is 2.27. The molecule has 9 nitrogen and oxygen atoms in total. The summed E-state index contributed by atoms with van der Waals surface area (Å²) in [5.74, 6) is -13.5. The summed E-state index contributed by atoms with van der Waals surface area (Å²) in [5, 5.41) is 7.63. The molecule has 2 heterocycles. The van der Waals surface area contributed by atoms with Crippen molar-refractivity contribution in [3.8, 4) is 5.75 Å². The minimum Gasteiger partial charge on any atom is -0.479 e. The van der Waals surface area contributed by atoms with Crippen molar-refractivity contribution >= 4 is 34.4 Å². The lowest BCUT2D eigenvalue weighted by atomic mass is 9.94. The number of halogens is 6. The van der Waals surface area contributed by atoms with Gasteiger partial charge in [-0.1, -0.05) is 0 Å². The van der Waals surface area contributed by atoms with Crippen molar-refractivity contribution in [1.82, 2.24) is 20.9 Å². The fourth-order valence-electron chi connectivity index (χ4n) is 4.78. The number of amides is 3. The third-order valence-electron chi connectivity index (χ3n) is 6.96. The molecule has 0 radical (unpaired) electrons. The minimum atomic E-state index is -2.01. The van der Waals surface area contributed by atoms with Crippen molar-refractivity contribution in [2.75, 3.05) is 13.2 Å². The first kappa shape index (κ1) is 32.4. The van der Waals surface area contributed by atoms with E-state index in [1.54, 1.807) is 0 Å². The van der Waals surface area contributed by atoms with E-state index in [1.807, 2.05) is 0 Å². The van der Waals surface area contributed by atoms with Crippen LogP contribution in [0.3, 0.4) is 0 Å². The van der Waals surface area contributed by atoms with Gasteiger partial charge >= 0.3 is 0 Å². The van der Waals surface area contributed by atoms with Crippen LogP contribution < -0.4 is 20.7 Å². The topological polar surface area (TPSA) is 129 Å². The van der Waals surface area contributed by atoms with Crippen LogP contribution in [0.1, 0.15) is 43.6 Å². The number of rotatable bonds is 12. The molecule has 1 fully saturated rings. The van der Waals surface area contributed by atoms with Crippen molar-refractivity contribution in [3.63, 3.8) is 0 Å². The Kier molecular flexibility index (Phi) is 9.54. The Morgan fingerprint density at radius 3 is 2.30 bits per heavy atom. The maximum Gasteiger partial charge on any atom is 0.268 e. The molecule has 1 aliphatic heterocycles. The Morgan fingerprint density at radius 2 is 1.68 bits per heavy atom. The average Bonchev–Trinajstić information content (AvgIpc) is 3.55. The Hall–Kier alpha value is -4.56. The second kappa shape index (κ2) is 13.0. The van der Waals surface area contributed by atoms with Crippen molar-refractivity contribution in [2.24, 2.45) is 5.92 Å². The number of hydrogen-bond acceptors (Lipinski definition) is 5. The lowest BCUT2D eigenvalue weighted by Crippen LogP contribution is -2.54. The van der Waals surface area contributed by atoms with E-state index in [0.717, 1.165) is 13.8 Å². The quantitative estimate of drug-likeness (QED) is 0.180. The number of benzene rings is 2. The second-order valence-electron chi connectivity index (χ2n) is 11.0. The smallest absolute Gasteiger partial charge is 0.268 e. The summed E-state index contributed by atoms with van der Waals surface area (Å²) in [6.07, 6.45) is -0.606. The van der Waals surface area contributed by atoms with Crippen molar-refractivity contribution < 1.29 is 50.3 Å². The van der Waals surface area contributed by atoms with Gasteiger partial charge < -0.3 is 25.7 Å². The van der Waals surface area contributed by atoms with Crippen LogP contribution in [0.5, 0.6) is 5.75 Å². The summed E-state index contributed by atoms with van der Waals surface area (Å²) < 4.78 is 88.4. The first-order chi connectivity index (χ1) is 20.6. The fraction of sp³-hybridized carbons (Fsp3) is 0.379. The third kappa shape index (κ3) is 7.68. The standard InChI is InChI=1S/C29H28F6N4O5/c1-29(2,35)11-21(39-27(42)20-9-14-7-15(30)3-4-18(14)37-20)28(43)38-19(8-13-5-6-36-26(13)41)22(40)12-44-25-23(33)16(31)10-17(32)24(25)34/h3-4,7,9-10,13,19,21,37H,5-6,8,11-12H2,1-2H3,(H,36,41)(H,38,43)(H,39,42)/t13-,19?,21?/m0/s1. The maximum absolute atomic E-state index is 14.7. The van der Waals surface area contributed by atoms with Gasteiger partial charge in [0, 0.05) is 35.9 Å². The van der Waals surface area contributed by atoms with E-state index in [0.29, 0.717) is 10.9 Å². The van der Waals surface area contributed by atoms with Gasteiger partial charge in [0.05, 0.1) is 6.04 Å². The Balaban J connectivity index is 1.54. The molecule has 44 heavy (non-hydrogen) atoms. The molecule has 0 bridgehead atoms. The molecular weight excluding hydrogens is 598 g/mol. The first-order valence-electron chi connectivity index (χ1n) is 13.5. The van der Waals surface area contributed by atoms with Crippen LogP contribution in [-0.4, -0.2) is 59.4 Å². The van der Waals surface area contributed by atoms with Gasteiger partial charge in [-0.25, -0.2) is 17.6 Å². The summed E-state index contributed by atoms with van der Waals surface area (Å²) in [4.78, 5) is 54.5. The molecule has 1 aromatic heterocycles. The molecule has 3 atom stereocenters. The van der Waals surface area contributed by atoms with E-state index < -0.39 is 95.0 Å². The number of nitrogens with one attached hydrogen (secondary N) is 4. The number of aromatic nitrogens is 1. The Labute approximate surface area is 246 Å². The second-order valence-corrected chi connectivity index (χ2v) is 11.0. The van der Waals surface area contributed by atoms with Gasteiger partial charge in [-0.05, 0) is 51.0 Å². The fourth-order valence-corrected chi connectivity index (χ4v) is 4.78. The number of Topliss-reactive ketones (excluding diaryl/α,β-unsaturated/α-hetero) is 1. The van der Waals surface area contributed by atoms with E-state index in [4.69, 9.17) is 4.74 Å². The maximum atomic E-state index is 14.7. The van der Waals surface area contributed by atoms with E-state index in [2.05, 4.69) is 20.9 Å². The van der Waals surface area contributed by atoms with Crippen molar-refractivity contribution in [3.05, 3.63) is 65.1 Å². The molecule has 2 aromatic carbocycles. The predicted molar refractivity (Wildman–Crippen MR) is 144 cm³/mol. The zero-order valence-electron chi connectivity index (χ0n) is 23.5. The largest absolute Gasteiger partial charge is 0.479 e. The molecule has 1 aliphatic rings. The highest BCUT2D eigenvalue weighted by Gasteiger charge is 2.36. The normalized spacial score (nSPS) is 16.4. The molecule has 4 N–H and O–H groups in total. The Morgan fingerprint density at radius 1 is 1.00 bits per heavy atom. The number of H-pyrrole nitrogens is 1. The molecule has 4 rings (SSSR count). The van der Waals surface area contributed by atoms with Gasteiger partial charge in [0.25, 0.3) is 5.91 Å². The number of ether oxygens (including phenoxy) is 1. The van der Waals surface area contributed by atoms with Gasteiger partial charge in [0.15, 0.2) is 23.2 Å². The summed E-state index contributed by atoms with van der Waals surface area (Å²) in [7, 11) is 0. The number of carbonyl (C=O) groups excluding carboxylic acids is 4.